The van der Waals surface area contributed by atoms with E-state index in [4.69, 9.17) is 9.26 Å². The molecule has 19 heavy (non-hydrogen) atoms. The number of rotatable bonds is 2. The monoisotopic (exact) mass is 327 g/mol. The Balaban J connectivity index is 1.89. The molecule has 1 saturated heterocycles. The molecule has 1 aliphatic heterocycles. The maximum Gasteiger partial charge on any atom is 0.259 e. The number of aromatic nitrogens is 2. The Morgan fingerprint density at radius 1 is 1.42 bits per heavy atom. The first-order valence-electron chi connectivity index (χ1n) is 5.85. The Hall–Kier alpha value is -1.31. The molecule has 0 bridgehead atoms. The first-order valence-corrected chi connectivity index (χ1v) is 6.64. The summed E-state index contributed by atoms with van der Waals surface area (Å²) in [5.41, 5.74) is 0.530. The summed E-state index contributed by atoms with van der Waals surface area (Å²) >= 11 is 3.33. The number of benzene rings is 1. The summed E-state index contributed by atoms with van der Waals surface area (Å²) in [4.78, 5) is 4.27. The number of morpholine rings is 1. The quantitative estimate of drug-likeness (QED) is 0.917. The van der Waals surface area contributed by atoms with Crippen molar-refractivity contribution in [2.24, 2.45) is 0 Å². The van der Waals surface area contributed by atoms with E-state index in [0.717, 1.165) is 6.54 Å². The van der Waals surface area contributed by atoms with Gasteiger partial charge in [-0.05, 0) is 34.1 Å². The minimum atomic E-state index is -0.353. The highest BCUT2D eigenvalue weighted by atomic mass is 79.9. The summed E-state index contributed by atoms with van der Waals surface area (Å²) in [6, 6.07) is 4.31. The van der Waals surface area contributed by atoms with Crippen LogP contribution in [0.2, 0.25) is 0 Å². The van der Waals surface area contributed by atoms with E-state index in [-0.39, 0.29) is 17.8 Å². The zero-order chi connectivity index (χ0) is 13.2. The summed E-state index contributed by atoms with van der Waals surface area (Å²) < 4.78 is 24.7. The molecule has 1 fully saturated rings. The van der Waals surface area contributed by atoms with Gasteiger partial charge < -0.3 is 14.6 Å². The molecule has 0 amide bonds. The highest BCUT2D eigenvalue weighted by molar-refractivity contribution is 9.10. The second-order valence-corrected chi connectivity index (χ2v) is 5.00. The lowest BCUT2D eigenvalue weighted by Gasteiger charge is -2.20. The average molecular weight is 328 g/mol. The minimum absolute atomic E-state index is 0.224. The average Bonchev–Trinajstić information content (AvgIpc) is 2.92. The summed E-state index contributed by atoms with van der Waals surface area (Å²) in [5, 5.41) is 7.08. The number of nitrogens with one attached hydrogen (secondary N) is 1. The maximum absolute atomic E-state index is 13.2. The Morgan fingerprint density at radius 3 is 3.11 bits per heavy atom. The lowest BCUT2D eigenvalue weighted by molar-refractivity contribution is 0.0208. The van der Waals surface area contributed by atoms with Crippen molar-refractivity contribution in [3.05, 3.63) is 34.3 Å². The van der Waals surface area contributed by atoms with Crippen LogP contribution < -0.4 is 5.32 Å². The van der Waals surface area contributed by atoms with Crippen molar-refractivity contribution < 1.29 is 13.7 Å². The normalized spacial score (nSPS) is 19.6. The predicted octanol–water partition coefficient (Wildman–Crippen LogP) is 2.30. The summed E-state index contributed by atoms with van der Waals surface area (Å²) in [6.45, 7) is 2.07. The highest BCUT2D eigenvalue weighted by Gasteiger charge is 2.22. The van der Waals surface area contributed by atoms with E-state index < -0.39 is 0 Å². The van der Waals surface area contributed by atoms with Crippen LogP contribution in [-0.4, -0.2) is 29.8 Å². The minimum Gasteiger partial charge on any atom is -0.367 e. The second-order valence-electron chi connectivity index (χ2n) is 4.15. The van der Waals surface area contributed by atoms with Gasteiger partial charge >= 0.3 is 0 Å². The first-order chi connectivity index (χ1) is 9.24. The van der Waals surface area contributed by atoms with E-state index in [1.54, 1.807) is 6.07 Å². The van der Waals surface area contributed by atoms with Gasteiger partial charge in [0.2, 0.25) is 5.82 Å². The van der Waals surface area contributed by atoms with Crippen LogP contribution in [0.5, 0.6) is 0 Å². The molecule has 1 aromatic heterocycles. The molecule has 1 atom stereocenters. The van der Waals surface area contributed by atoms with Gasteiger partial charge in [-0.15, -0.1) is 0 Å². The van der Waals surface area contributed by atoms with Crippen molar-refractivity contribution in [3.8, 4) is 11.5 Å². The zero-order valence-electron chi connectivity index (χ0n) is 9.90. The molecule has 0 aliphatic carbocycles. The van der Waals surface area contributed by atoms with Crippen molar-refractivity contribution in [3.63, 3.8) is 0 Å². The topological polar surface area (TPSA) is 60.2 Å². The number of halogens is 2. The fourth-order valence-corrected chi connectivity index (χ4v) is 2.28. The van der Waals surface area contributed by atoms with E-state index in [9.17, 15) is 4.39 Å². The molecular weight excluding hydrogens is 317 g/mol. The Bertz CT molecular complexity index is 584. The van der Waals surface area contributed by atoms with Gasteiger partial charge in [-0.3, -0.25) is 0 Å². The van der Waals surface area contributed by atoms with Crippen molar-refractivity contribution in [1.29, 1.82) is 0 Å². The molecule has 100 valence electrons. The van der Waals surface area contributed by atoms with Gasteiger partial charge in [0.1, 0.15) is 11.9 Å². The molecule has 0 radical (unpaired) electrons. The summed E-state index contributed by atoms with van der Waals surface area (Å²) in [7, 11) is 0. The molecular formula is C12H11BrFN3O2. The molecule has 5 nitrogen and oxygen atoms in total. The van der Waals surface area contributed by atoms with Gasteiger partial charge in [-0.25, -0.2) is 4.39 Å². The Kier molecular flexibility index (Phi) is 3.58. The molecule has 1 unspecified atom stereocenters. The van der Waals surface area contributed by atoms with Crippen LogP contribution in [-0.2, 0) is 4.74 Å². The molecule has 7 heteroatoms. The SMILES string of the molecule is Fc1ccc(Br)c(-c2nc(C3CNCCO3)no2)c1. The largest absolute Gasteiger partial charge is 0.367 e. The van der Waals surface area contributed by atoms with Crippen molar-refractivity contribution >= 4 is 15.9 Å². The van der Waals surface area contributed by atoms with Crippen LogP contribution in [0.1, 0.15) is 11.9 Å². The van der Waals surface area contributed by atoms with E-state index in [0.29, 0.717) is 29.0 Å². The van der Waals surface area contributed by atoms with E-state index in [1.807, 2.05) is 0 Å². The standard InChI is InChI=1S/C12H11BrFN3O2/c13-9-2-1-7(14)5-8(9)12-16-11(17-19-12)10-6-15-3-4-18-10/h1-2,5,10,15H,3-4,6H2. The Morgan fingerprint density at radius 2 is 2.32 bits per heavy atom. The second kappa shape index (κ2) is 5.36. The van der Waals surface area contributed by atoms with Crippen molar-refractivity contribution in [1.82, 2.24) is 15.5 Å². The maximum atomic E-state index is 13.2. The smallest absolute Gasteiger partial charge is 0.259 e. The lowest BCUT2D eigenvalue weighted by Crippen LogP contribution is -2.33. The fourth-order valence-electron chi connectivity index (χ4n) is 1.87. The highest BCUT2D eigenvalue weighted by Crippen LogP contribution is 2.28. The van der Waals surface area contributed by atoms with Crippen LogP contribution in [0.15, 0.2) is 27.2 Å². The van der Waals surface area contributed by atoms with Gasteiger partial charge in [0.05, 0.1) is 12.2 Å². The number of hydrogen-bond acceptors (Lipinski definition) is 5. The number of nitrogens with zero attached hydrogens (tertiary/aromatic N) is 2. The molecule has 0 saturated carbocycles. The summed E-state index contributed by atoms with van der Waals surface area (Å²) in [5.74, 6) is 0.391. The fraction of sp³-hybridized carbons (Fsp3) is 0.333. The zero-order valence-corrected chi connectivity index (χ0v) is 11.5. The lowest BCUT2D eigenvalue weighted by atomic mass is 10.2. The van der Waals surface area contributed by atoms with Crippen LogP contribution in [0.3, 0.4) is 0 Å². The molecule has 2 heterocycles. The third-order valence-electron chi connectivity index (χ3n) is 2.82. The van der Waals surface area contributed by atoms with E-state index in [2.05, 4.69) is 31.4 Å². The van der Waals surface area contributed by atoms with Crippen molar-refractivity contribution in [2.75, 3.05) is 19.7 Å². The van der Waals surface area contributed by atoms with E-state index in [1.165, 1.54) is 12.1 Å². The Labute approximate surface area is 117 Å². The number of ether oxygens (including phenoxy) is 1. The van der Waals surface area contributed by atoms with Gasteiger partial charge in [-0.2, -0.15) is 4.98 Å². The van der Waals surface area contributed by atoms with Crippen LogP contribution in [0.25, 0.3) is 11.5 Å². The third-order valence-corrected chi connectivity index (χ3v) is 3.51. The molecule has 1 N–H and O–H groups in total. The van der Waals surface area contributed by atoms with Gasteiger partial charge in [0, 0.05) is 17.6 Å². The first kappa shape index (κ1) is 12.7. The molecule has 2 aromatic rings. The molecule has 1 aliphatic rings. The van der Waals surface area contributed by atoms with Crippen LogP contribution >= 0.6 is 15.9 Å². The molecule has 3 rings (SSSR count). The van der Waals surface area contributed by atoms with Crippen molar-refractivity contribution in [2.45, 2.75) is 6.10 Å². The van der Waals surface area contributed by atoms with Crippen LogP contribution in [0, 0.1) is 5.82 Å². The van der Waals surface area contributed by atoms with E-state index >= 15 is 0 Å². The third kappa shape index (κ3) is 2.68. The van der Waals surface area contributed by atoms with Gasteiger partial charge in [0.25, 0.3) is 5.89 Å². The number of hydrogen-bond donors (Lipinski definition) is 1. The summed E-state index contributed by atoms with van der Waals surface area (Å²) in [6.07, 6.45) is -0.224. The molecule has 0 spiro atoms. The van der Waals surface area contributed by atoms with Gasteiger partial charge in [0.15, 0.2) is 0 Å². The van der Waals surface area contributed by atoms with Gasteiger partial charge in [-0.1, -0.05) is 5.16 Å². The van der Waals surface area contributed by atoms with Crippen LogP contribution in [0.4, 0.5) is 4.39 Å². The predicted molar refractivity (Wildman–Crippen MR) is 69.0 cm³/mol. The molecule has 1 aromatic carbocycles.